The van der Waals surface area contributed by atoms with Gasteiger partial charge in [0.25, 0.3) is 0 Å². The molecule has 0 atom stereocenters. The quantitative estimate of drug-likeness (QED) is 0.269. The third kappa shape index (κ3) is 2.65. The minimum atomic E-state index is -0.342. The van der Waals surface area contributed by atoms with Gasteiger partial charge in [-0.3, -0.25) is 0 Å². The number of ether oxygens (including phenoxy) is 1. The molecule has 0 N–H and O–H groups in total. The number of fused-ring (bicyclic) bond motifs is 7. The van der Waals surface area contributed by atoms with Crippen molar-refractivity contribution in [3.8, 4) is 22.3 Å². The maximum atomic E-state index is 12.7. The second-order valence-electron chi connectivity index (χ2n) is 9.36. The summed E-state index contributed by atoms with van der Waals surface area (Å²) in [6, 6.07) is 24.7. The Hall–Kier alpha value is -3.85. The van der Waals surface area contributed by atoms with Gasteiger partial charge >= 0.3 is 5.97 Å². The van der Waals surface area contributed by atoms with Gasteiger partial charge in [0.15, 0.2) is 0 Å². The van der Waals surface area contributed by atoms with Crippen LogP contribution in [0.15, 0.2) is 77.2 Å². The molecule has 3 heteroatoms. The monoisotopic (exact) mass is 432 g/mol. The van der Waals surface area contributed by atoms with Crippen molar-refractivity contribution in [1.29, 1.82) is 0 Å². The fourth-order valence-electron chi connectivity index (χ4n) is 5.42. The Bertz CT molecular complexity index is 1600. The van der Waals surface area contributed by atoms with Gasteiger partial charge in [-0.05, 0) is 52.9 Å². The lowest BCUT2D eigenvalue weighted by atomic mass is 9.80. The van der Waals surface area contributed by atoms with Crippen LogP contribution in [0.5, 0.6) is 0 Å². The van der Waals surface area contributed by atoms with Gasteiger partial charge in [0, 0.05) is 21.8 Å². The number of benzene rings is 4. The number of rotatable bonds is 2. The van der Waals surface area contributed by atoms with E-state index in [0.29, 0.717) is 5.56 Å². The molecule has 0 bridgehead atoms. The molecule has 1 aliphatic carbocycles. The fraction of sp³-hybridized carbons (Fsp3) is 0.167. The minimum absolute atomic E-state index is 0.196. The molecule has 0 unspecified atom stereocenters. The molecule has 1 aliphatic rings. The van der Waals surface area contributed by atoms with E-state index >= 15 is 0 Å². The van der Waals surface area contributed by atoms with Crippen LogP contribution in [-0.4, -0.2) is 13.1 Å². The summed E-state index contributed by atoms with van der Waals surface area (Å²) in [4.78, 5) is 12.7. The number of furan rings is 1. The van der Waals surface area contributed by atoms with E-state index in [9.17, 15) is 4.79 Å². The first-order valence-electron chi connectivity index (χ1n) is 11.2. The molecule has 3 nitrogen and oxygen atoms in total. The van der Waals surface area contributed by atoms with Crippen molar-refractivity contribution in [1.82, 2.24) is 0 Å². The van der Waals surface area contributed by atoms with Crippen LogP contribution in [-0.2, 0) is 10.2 Å². The van der Waals surface area contributed by atoms with E-state index in [-0.39, 0.29) is 11.4 Å². The number of carbonyl (C=O) groups excluding carboxylic acids is 1. The van der Waals surface area contributed by atoms with Crippen molar-refractivity contribution < 1.29 is 13.9 Å². The van der Waals surface area contributed by atoms with E-state index in [1.54, 1.807) is 0 Å². The lowest BCUT2D eigenvalue weighted by Crippen LogP contribution is -2.15. The smallest absolute Gasteiger partial charge is 0.338 e. The van der Waals surface area contributed by atoms with E-state index in [4.69, 9.17) is 9.15 Å². The predicted molar refractivity (Wildman–Crippen MR) is 133 cm³/mol. The molecule has 1 aromatic heterocycles. The van der Waals surface area contributed by atoms with E-state index in [1.807, 2.05) is 42.5 Å². The van der Waals surface area contributed by atoms with Gasteiger partial charge in [-0.2, -0.15) is 0 Å². The maximum absolute atomic E-state index is 12.7. The summed E-state index contributed by atoms with van der Waals surface area (Å²) in [5, 5.41) is 2.08. The topological polar surface area (TPSA) is 39.4 Å². The van der Waals surface area contributed by atoms with Crippen LogP contribution in [0, 0.1) is 6.92 Å². The maximum Gasteiger partial charge on any atom is 0.338 e. The van der Waals surface area contributed by atoms with Crippen LogP contribution in [0.1, 0.15) is 40.9 Å². The van der Waals surface area contributed by atoms with E-state index in [1.165, 1.54) is 29.4 Å². The molecule has 0 radical (unpaired) electrons. The number of hydrogen-bond donors (Lipinski definition) is 0. The molecular formula is C30H24O3. The van der Waals surface area contributed by atoms with Gasteiger partial charge in [0.1, 0.15) is 11.2 Å². The summed E-state index contributed by atoms with van der Waals surface area (Å²) in [5.41, 5.74) is 10.1. The minimum Gasteiger partial charge on any atom is -0.465 e. The average Bonchev–Trinajstić information content (AvgIpc) is 3.31. The molecular weight excluding hydrogens is 408 g/mol. The largest absolute Gasteiger partial charge is 0.465 e. The predicted octanol–water partition coefficient (Wildman–Crippen LogP) is 7.65. The first kappa shape index (κ1) is 19.8. The highest BCUT2D eigenvalue weighted by Gasteiger charge is 2.39. The zero-order valence-corrected chi connectivity index (χ0v) is 19.2. The Kier molecular flexibility index (Phi) is 4.09. The Morgan fingerprint density at radius 2 is 1.61 bits per heavy atom. The van der Waals surface area contributed by atoms with E-state index < -0.39 is 0 Å². The summed E-state index contributed by atoms with van der Waals surface area (Å²) in [5.74, 6) is -0.342. The van der Waals surface area contributed by atoms with Crippen molar-refractivity contribution in [2.24, 2.45) is 0 Å². The Balaban J connectivity index is 1.81. The zero-order chi connectivity index (χ0) is 22.9. The van der Waals surface area contributed by atoms with Crippen LogP contribution >= 0.6 is 0 Å². The number of methoxy groups -OCH3 is 1. The molecule has 0 saturated heterocycles. The summed E-state index contributed by atoms with van der Waals surface area (Å²) in [7, 11) is 1.42. The number of carbonyl (C=O) groups is 1. The van der Waals surface area contributed by atoms with E-state index in [0.717, 1.165) is 38.6 Å². The van der Waals surface area contributed by atoms with Crippen molar-refractivity contribution in [3.63, 3.8) is 0 Å². The second-order valence-corrected chi connectivity index (χ2v) is 9.36. The number of aryl methyl sites for hydroxylation is 1. The lowest BCUT2D eigenvalue weighted by molar-refractivity contribution is 0.0601. The highest BCUT2D eigenvalue weighted by atomic mass is 16.5. The molecule has 0 fully saturated rings. The summed E-state index contributed by atoms with van der Waals surface area (Å²) >= 11 is 0. The molecule has 6 rings (SSSR count). The molecule has 0 amide bonds. The Morgan fingerprint density at radius 1 is 0.848 bits per heavy atom. The molecule has 5 aromatic rings. The van der Waals surface area contributed by atoms with Crippen LogP contribution in [0.25, 0.3) is 44.2 Å². The Morgan fingerprint density at radius 3 is 2.42 bits per heavy atom. The SMILES string of the molecule is COC(=O)c1ccccc1-c1cc2c(c3oc4ccccc4c13)-c1ccc(C)cc1C2(C)C. The number of hydrogen-bond acceptors (Lipinski definition) is 3. The molecule has 0 aliphatic heterocycles. The van der Waals surface area contributed by atoms with Crippen LogP contribution in [0.3, 0.4) is 0 Å². The first-order chi connectivity index (χ1) is 15.9. The highest BCUT2D eigenvalue weighted by Crippen LogP contribution is 2.55. The van der Waals surface area contributed by atoms with Crippen molar-refractivity contribution >= 4 is 27.9 Å². The second kappa shape index (κ2) is 6.82. The average molecular weight is 433 g/mol. The fourth-order valence-corrected chi connectivity index (χ4v) is 5.42. The van der Waals surface area contributed by atoms with Gasteiger partial charge in [0.2, 0.25) is 0 Å². The van der Waals surface area contributed by atoms with Crippen molar-refractivity contribution in [2.75, 3.05) is 7.11 Å². The molecule has 0 spiro atoms. The Labute approximate surface area is 192 Å². The van der Waals surface area contributed by atoms with Crippen LogP contribution in [0.2, 0.25) is 0 Å². The summed E-state index contributed by atoms with van der Waals surface area (Å²) < 4.78 is 11.7. The van der Waals surface area contributed by atoms with Gasteiger partial charge < -0.3 is 9.15 Å². The normalized spacial score (nSPS) is 13.8. The molecule has 33 heavy (non-hydrogen) atoms. The molecule has 0 saturated carbocycles. The third-order valence-corrected chi connectivity index (χ3v) is 7.06. The highest BCUT2D eigenvalue weighted by molar-refractivity contribution is 6.19. The summed E-state index contributed by atoms with van der Waals surface area (Å²) in [6.45, 7) is 6.66. The van der Waals surface area contributed by atoms with Crippen molar-refractivity contribution in [2.45, 2.75) is 26.2 Å². The van der Waals surface area contributed by atoms with Gasteiger partial charge in [0.05, 0.1) is 12.7 Å². The molecule has 162 valence electrons. The summed E-state index contributed by atoms with van der Waals surface area (Å²) in [6.07, 6.45) is 0. The van der Waals surface area contributed by atoms with Gasteiger partial charge in [-0.1, -0.05) is 74.0 Å². The van der Waals surface area contributed by atoms with Gasteiger partial charge in [-0.25, -0.2) is 4.79 Å². The molecule has 4 aromatic carbocycles. The standard InChI is InChI=1S/C30H24O3/c1-17-13-14-20-23(15-17)30(2,3)24-16-22(18-9-5-6-10-19(18)29(31)32-4)26-21-11-7-8-12-25(21)33-28(26)27(20)24/h5-16H,1-4H3. The molecule has 1 heterocycles. The van der Waals surface area contributed by atoms with Crippen LogP contribution in [0.4, 0.5) is 0 Å². The third-order valence-electron chi connectivity index (χ3n) is 7.06. The number of esters is 1. The first-order valence-corrected chi connectivity index (χ1v) is 11.2. The number of para-hydroxylation sites is 1. The van der Waals surface area contributed by atoms with Gasteiger partial charge in [-0.15, -0.1) is 0 Å². The lowest BCUT2D eigenvalue weighted by Gasteiger charge is -2.23. The van der Waals surface area contributed by atoms with E-state index in [2.05, 4.69) is 51.1 Å². The van der Waals surface area contributed by atoms with Crippen LogP contribution < -0.4 is 0 Å². The van der Waals surface area contributed by atoms with Crippen molar-refractivity contribution in [3.05, 3.63) is 95.1 Å². The zero-order valence-electron chi connectivity index (χ0n) is 19.2.